The van der Waals surface area contributed by atoms with Gasteiger partial charge in [0.25, 0.3) is 0 Å². The van der Waals surface area contributed by atoms with Gasteiger partial charge in [-0.15, -0.1) is 0 Å². The van der Waals surface area contributed by atoms with Gasteiger partial charge in [-0.1, -0.05) is 19.1 Å². The molecule has 3 aliphatic rings. The van der Waals surface area contributed by atoms with E-state index in [-0.39, 0.29) is 12.5 Å². The van der Waals surface area contributed by atoms with E-state index in [0.717, 1.165) is 10.5 Å². The van der Waals surface area contributed by atoms with E-state index >= 15 is 0 Å². The Morgan fingerprint density at radius 2 is 1.72 bits per heavy atom. The largest absolute Gasteiger partial charge is 0.497 e. The van der Waals surface area contributed by atoms with Gasteiger partial charge in [0.05, 0.1) is 31.4 Å². The minimum atomic E-state index is -1.14. The van der Waals surface area contributed by atoms with Crippen LogP contribution in [0.5, 0.6) is 5.75 Å². The standard InChI is InChI=1S/C18H19NO6/c1-8-11-12-13(14(20)15(8)25-18(11)23)17(22)19(16(12)21)7-9-3-5-10(24-2)6-4-9/h3-6,8,11-15,20H,7H2,1-2H3/t8?,11-,12?,13?,14?,15+/m0/s1. The molecule has 1 saturated carbocycles. The second-order valence-electron chi connectivity index (χ2n) is 6.94. The molecule has 2 saturated heterocycles. The molecule has 4 unspecified atom stereocenters. The minimum absolute atomic E-state index is 0.113. The molecule has 4 rings (SSSR count). The van der Waals surface area contributed by atoms with Gasteiger partial charge in [0.1, 0.15) is 18.0 Å². The van der Waals surface area contributed by atoms with Gasteiger partial charge in [0.2, 0.25) is 11.8 Å². The summed E-state index contributed by atoms with van der Waals surface area (Å²) in [7, 11) is 1.56. The van der Waals surface area contributed by atoms with Gasteiger partial charge in [-0.05, 0) is 17.7 Å². The van der Waals surface area contributed by atoms with Crippen LogP contribution in [0.25, 0.3) is 0 Å². The lowest BCUT2D eigenvalue weighted by molar-refractivity contribution is -0.151. The third kappa shape index (κ3) is 2.18. The Bertz CT molecular complexity index is 744. The Kier molecular flexibility index (Phi) is 3.57. The van der Waals surface area contributed by atoms with Crippen LogP contribution in [0, 0.1) is 23.7 Å². The van der Waals surface area contributed by atoms with E-state index in [4.69, 9.17) is 9.47 Å². The number of likely N-dealkylation sites (tertiary alicyclic amines) is 1. The van der Waals surface area contributed by atoms with E-state index in [1.807, 2.05) is 0 Å². The molecule has 7 heteroatoms. The number of rotatable bonds is 3. The molecular formula is C18H19NO6. The average molecular weight is 345 g/mol. The van der Waals surface area contributed by atoms with Crippen molar-refractivity contribution in [1.29, 1.82) is 0 Å². The molecule has 2 bridgehead atoms. The summed E-state index contributed by atoms with van der Waals surface area (Å²) in [5.74, 6) is -3.31. The smallest absolute Gasteiger partial charge is 0.310 e. The van der Waals surface area contributed by atoms with E-state index < -0.39 is 47.7 Å². The maximum Gasteiger partial charge on any atom is 0.310 e. The molecule has 0 spiro atoms. The number of amides is 2. The molecule has 1 aliphatic carbocycles. The van der Waals surface area contributed by atoms with Crippen LogP contribution in [-0.2, 0) is 25.7 Å². The number of esters is 1. The molecule has 0 aromatic heterocycles. The number of carbonyl (C=O) groups excluding carboxylic acids is 3. The van der Waals surface area contributed by atoms with Gasteiger partial charge in [0.15, 0.2) is 0 Å². The van der Waals surface area contributed by atoms with E-state index in [1.165, 1.54) is 0 Å². The summed E-state index contributed by atoms with van der Waals surface area (Å²) in [5, 5.41) is 10.5. The number of aliphatic hydroxyl groups excluding tert-OH is 1. The predicted molar refractivity (Wildman–Crippen MR) is 84.1 cm³/mol. The van der Waals surface area contributed by atoms with E-state index in [2.05, 4.69) is 0 Å². The molecule has 7 nitrogen and oxygen atoms in total. The molecular weight excluding hydrogens is 326 g/mol. The number of carbonyl (C=O) groups is 3. The van der Waals surface area contributed by atoms with Crippen molar-refractivity contribution in [1.82, 2.24) is 4.90 Å². The highest BCUT2D eigenvalue weighted by Gasteiger charge is 2.66. The number of imide groups is 1. The first-order chi connectivity index (χ1) is 11.9. The Balaban J connectivity index is 1.63. The Hall–Kier alpha value is -2.41. The fraction of sp³-hybridized carbons (Fsp3) is 0.500. The summed E-state index contributed by atoms with van der Waals surface area (Å²) in [6.45, 7) is 1.89. The van der Waals surface area contributed by atoms with Crippen molar-refractivity contribution in [2.24, 2.45) is 23.7 Å². The summed E-state index contributed by atoms with van der Waals surface area (Å²) >= 11 is 0. The van der Waals surface area contributed by atoms with Crippen LogP contribution < -0.4 is 4.74 Å². The number of benzene rings is 1. The number of methoxy groups -OCH3 is 1. The molecule has 2 heterocycles. The number of ether oxygens (including phenoxy) is 2. The number of hydrogen-bond acceptors (Lipinski definition) is 6. The molecule has 0 radical (unpaired) electrons. The highest BCUT2D eigenvalue weighted by molar-refractivity contribution is 6.07. The van der Waals surface area contributed by atoms with Crippen molar-refractivity contribution in [2.45, 2.75) is 25.7 Å². The first-order valence-electron chi connectivity index (χ1n) is 8.30. The number of aliphatic hydroxyl groups is 1. The summed E-state index contributed by atoms with van der Waals surface area (Å²) in [5.41, 5.74) is 0.774. The highest BCUT2D eigenvalue weighted by atomic mass is 16.6. The van der Waals surface area contributed by atoms with Gasteiger partial charge >= 0.3 is 5.97 Å². The molecule has 1 N–H and O–H groups in total. The van der Waals surface area contributed by atoms with Crippen molar-refractivity contribution in [3.63, 3.8) is 0 Å². The van der Waals surface area contributed by atoms with Crippen LogP contribution in [0.1, 0.15) is 12.5 Å². The molecule has 25 heavy (non-hydrogen) atoms. The van der Waals surface area contributed by atoms with Gasteiger partial charge in [-0.25, -0.2) is 0 Å². The fourth-order valence-corrected chi connectivity index (χ4v) is 4.38. The van der Waals surface area contributed by atoms with Crippen LogP contribution in [0.3, 0.4) is 0 Å². The third-order valence-corrected chi connectivity index (χ3v) is 5.69. The minimum Gasteiger partial charge on any atom is -0.497 e. The van der Waals surface area contributed by atoms with E-state index in [0.29, 0.717) is 5.75 Å². The Labute approximate surface area is 144 Å². The van der Waals surface area contributed by atoms with Crippen LogP contribution in [0.4, 0.5) is 0 Å². The van der Waals surface area contributed by atoms with E-state index in [1.54, 1.807) is 38.3 Å². The number of nitrogens with zero attached hydrogens (tertiary/aromatic N) is 1. The molecule has 132 valence electrons. The zero-order valence-corrected chi connectivity index (χ0v) is 13.9. The zero-order chi connectivity index (χ0) is 17.9. The molecule has 2 aliphatic heterocycles. The Morgan fingerprint density at radius 3 is 2.36 bits per heavy atom. The van der Waals surface area contributed by atoms with Gasteiger partial charge in [-0.3, -0.25) is 19.3 Å². The van der Waals surface area contributed by atoms with Crippen LogP contribution >= 0.6 is 0 Å². The van der Waals surface area contributed by atoms with Crippen molar-refractivity contribution in [3.05, 3.63) is 29.8 Å². The molecule has 1 aromatic rings. The van der Waals surface area contributed by atoms with Crippen LogP contribution in [0.2, 0.25) is 0 Å². The first kappa shape index (κ1) is 16.1. The van der Waals surface area contributed by atoms with Crippen molar-refractivity contribution in [2.75, 3.05) is 7.11 Å². The fourth-order valence-electron chi connectivity index (χ4n) is 4.38. The lowest BCUT2D eigenvalue weighted by Gasteiger charge is -2.33. The van der Waals surface area contributed by atoms with Gasteiger partial charge < -0.3 is 14.6 Å². The molecule has 3 fully saturated rings. The summed E-state index contributed by atoms with van der Waals surface area (Å²) < 4.78 is 10.3. The van der Waals surface area contributed by atoms with Crippen LogP contribution in [0.15, 0.2) is 24.3 Å². The first-order valence-corrected chi connectivity index (χ1v) is 8.30. The zero-order valence-electron chi connectivity index (χ0n) is 13.9. The summed E-state index contributed by atoms with van der Waals surface area (Å²) in [6, 6.07) is 7.06. The quantitative estimate of drug-likeness (QED) is 0.628. The Morgan fingerprint density at radius 1 is 1.08 bits per heavy atom. The lowest BCUT2D eigenvalue weighted by atomic mass is 9.67. The van der Waals surface area contributed by atoms with Crippen molar-refractivity contribution in [3.8, 4) is 5.75 Å². The molecule has 1 aromatic carbocycles. The molecule has 2 amide bonds. The predicted octanol–water partition coefficient (Wildman–Crippen LogP) is 0.349. The van der Waals surface area contributed by atoms with Gasteiger partial charge in [0, 0.05) is 5.92 Å². The topological polar surface area (TPSA) is 93.1 Å². The second kappa shape index (κ2) is 5.56. The number of hydrogen-bond donors (Lipinski definition) is 1. The van der Waals surface area contributed by atoms with Crippen molar-refractivity contribution >= 4 is 17.8 Å². The highest BCUT2D eigenvalue weighted by Crippen LogP contribution is 2.50. The molecule has 6 atom stereocenters. The second-order valence-corrected chi connectivity index (χ2v) is 6.94. The maximum atomic E-state index is 12.9. The van der Waals surface area contributed by atoms with Crippen molar-refractivity contribution < 1.29 is 29.0 Å². The lowest BCUT2D eigenvalue weighted by Crippen LogP contribution is -2.49. The monoisotopic (exact) mass is 345 g/mol. The van der Waals surface area contributed by atoms with Crippen LogP contribution in [-0.4, -0.2) is 47.1 Å². The summed E-state index contributed by atoms with van der Waals surface area (Å²) in [4.78, 5) is 38.9. The summed E-state index contributed by atoms with van der Waals surface area (Å²) in [6.07, 6.45) is -1.85. The normalized spacial score (nSPS) is 36.4. The van der Waals surface area contributed by atoms with Gasteiger partial charge in [-0.2, -0.15) is 0 Å². The number of fused-ring (bicyclic) bond motifs is 4. The average Bonchev–Trinajstić information content (AvgIpc) is 2.97. The SMILES string of the molecule is COc1ccc(CN2C(=O)C3C(O)[C@@H]4OC(=O)[C@H](C3C2=O)C4C)cc1. The maximum absolute atomic E-state index is 12.9. The van der Waals surface area contributed by atoms with E-state index in [9.17, 15) is 19.5 Å². The third-order valence-electron chi connectivity index (χ3n) is 5.69.